The zero-order chi connectivity index (χ0) is 17.1. The molecular weight excluding hydrogens is 298 g/mol. The van der Waals surface area contributed by atoms with Gasteiger partial charge in [0.15, 0.2) is 0 Å². The zero-order valence-electron chi connectivity index (χ0n) is 13.7. The molecule has 4 nitrogen and oxygen atoms in total. The second kappa shape index (κ2) is 6.51. The van der Waals surface area contributed by atoms with Gasteiger partial charge in [0, 0.05) is 17.8 Å². The van der Waals surface area contributed by atoms with Crippen molar-refractivity contribution in [1.29, 1.82) is 5.26 Å². The molecule has 1 aromatic heterocycles. The number of nitriles is 1. The van der Waals surface area contributed by atoms with E-state index in [1.54, 1.807) is 0 Å². The number of hydrogen-bond acceptors (Lipinski definition) is 3. The Bertz CT molecular complexity index is 872. The minimum Gasteiger partial charge on any atom is -0.457 e. The summed E-state index contributed by atoms with van der Waals surface area (Å²) in [6, 6.07) is 19.7. The number of benzene rings is 2. The Balaban J connectivity index is 1.91. The SMILES string of the molecule is CC(C)n1cc(-c2ccc(Oc3ccccc3)cc2)c(C#N)c1N. The van der Waals surface area contributed by atoms with Crippen LogP contribution in [-0.4, -0.2) is 4.57 Å². The van der Waals surface area contributed by atoms with Gasteiger partial charge < -0.3 is 15.0 Å². The summed E-state index contributed by atoms with van der Waals surface area (Å²) in [6.07, 6.45) is 1.94. The van der Waals surface area contributed by atoms with E-state index in [-0.39, 0.29) is 6.04 Å². The Morgan fingerprint density at radius 1 is 1.00 bits per heavy atom. The van der Waals surface area contributed by atoms with Gasteiger partial charge in [-0.2, -0.15) is 5.26 Å². The van der Waals surface area contributed by atoms with Crippen molar-refractivity contribution in [2.75, 3.05) is 5.73 Å². The van der Waals surface area contributed by atoms with Gasteiger partial charge in [-0.15, -0.1) is 0 Å². The lowest BCUT2D eigenvalue weighted by Gasteiger charge is -2.08. The Morgan fingerprint density at radius 2 is 1.62 bits per heavy atom. The largest absolute Gasteiger partial charge is 0.457 e. The van der Waals surface area contributed by atoms with Crippen molar-refractivity contribution in [1.82, 2.24) is 4.57 Å². The molecule has 0 unspecified atom stereocenters. The van der Waals surface area contributed by atoms with Crippen LogP contribution in [0.4, 0.5) is 5.82 Å². The molecule has 0 aliphatic rings. The van der Waals surface area contributed by atoms with Gasteiger partial charge in [-0.25, -0.2) is 0 Å². The highest BCUT2D eigenvalue weighted by Crippen LogP contribution is 2.33. The van der Waals surface area contributed by atoms with E-state index in [0.717, 1.165) is 22.6 Å². The van der Waals surface area contributed by atoms with E-state index >= 15 is 0 Å². The van der Waals surface area contributed by atoms with Gasteiger partial charge in [-0.3, -0.25) is 0 Å². The molecule has 0 bridgehead atoms. The fraction of sp³-hybridized carbons (Fsp3) is 0.150. The van der Waals surface area contributed by atoms with Gasteiger partial charge in [0.2, 0.25) is 0 Å². The maximum absolute atomic E-state index is 9.44. The molecular formula is C20H19N3O. The topological polar surface area (TPSA) is 64.0 Å². The summed E-state index contributed by atoms with van der Waals surface area (Å²) in [7, 11) is 0. The van der Waals surface area contributed by atoms with Crippen molar-refractivity contribution < 1.29 is 4.74 Å². The van der Waals surface area contributed by atoms with Crippen LogP contribution in [0.5, 0.6) is 11.5 Å². The highest BCUT2D eigenvalue weighted by atomic mass is 16.5. The molecule has 1 heterocycles. The lowest BCUT2D eigenvalue weighted by atomic mass is 10.0. The van der Waals surface area contributed by atoms with Gasteiger partial charge in [0.1, 0.15) is 28.9 Å². The van der Waals surface area contributed by atoms with Crippen molar-refractivity contribution in [3.8, 4) is 28.7 Å². The van der Waals surface area contributed by atoms with Gasteiger partial charge in [-0.1, -0.05) is 30.3 Å². The number of rotatable bonds is 4. The monoisotopic (exact) mass is 317 g/mol. The van der Waals surface area contributed by atoms with Crippen LogP contribution in [0.2, 0.25) is 0 Å². The number of nitrogen functional groups attached to an aromatic ring is 1. The summed E-state index contributed by atoms with van der Waals surface area (Å²) < 4.78 is 7.72. The van der Waals surface area contributed by atoms with E-state index in [4.69, 9.17) is 10.5 Å². The summed E-state index contributed by atoms with van der Waals surface area (Å²) in [5, 5.41) is 9.44. The molecule has 2 N–H and O–H groups in total. The lowest BCUT2D eigenvalue weighted by molar-refractivity contribution is 0.483. The molecule has 0 atom stereocenters. The van der Waals surface area contributed by atoms with E-state index in [1.807, 2.05) is 79.2 Å². The van der Waals surface area contributed by atoms with Gasteiger partial charge in [0.25, 0.3) is 0 Å². The zero-order valence-corrected chi connectivity index (χ0v) is 13.7. The second-order valence-electron chi connectivity index (χ2n) is 5.86. The summed E-state index contributed by atoms with van der Waals surface area (Å²) in [5.74, 6) is 2.05. The Morgan fingerprint density at radius 3 is 2.21 bits per heavy atom. The smallest absolute Gasteiger partial charge is 0.127 e. The molecule has 0 spiro atoms. The normalized spacial score (nSPS) is 10.6. The highest BCUT2D eigenvalue weighted by molar-refractivity contribution is 5.76. The number of aromatic nitrogens is 1. The van der Waals surface area contributed by atoms with Crippen LogP contribution in [0.25, 0.3) is 11.1 Å². The molecule has 24 heavy (non-hydrogen) atoms. The number of para-hydroxylation sites is 1. The summed E-state index contributed by atoms with van der Waals surface area (Å²) in [6.45, 7) is 4.08. The molecule has 4 heteroatoms. The number of anilines is 1. The predicted octanol–water partition coefficient (Wildman–Crippen LogP) is 4.98. The third-order valence-corrected chi connectivity index (χ3v) is 3.88. The van der Waals surface area contributed by atoms with Crippen LogP contribution in [0.15, 0.2) is 60.8 Å². The maximum atomic E-state index is 9.44. The Labute approximate surface area is 141 Å². The van der Waals surface area contributed by atoms with E-state index < -0.39 is 0 Å². The molecule has 0 amide bonds. The lowest BCUT2D eigenvalue weighted by Crippen LogP contribution is -2.04. The summed E-state index contributed by atoms with van der Waals surface area (Å²) in [5.41, 5.74) is 8.40. The highest BCUT2D eigenvalue weighted by Gasteiger charge is 2.16. The first-order valence-corrected chi connectivity index (χ1v) is 7.84. The van der Waals surface area contributed by atoms with Crippen LogP contribution < -0.4 is 10.5 Å². The van der Waals surface area contributed by atoms with E-state index in [9.17, 15) is 5.26 Å². The van der Waals surface area contributed by atoms with Crippen molar-refractivity contribution in [2.45, 2.75) is 19.9 Å². The number of ether oxygens (including phenoxy) is 1. The molecule has 0 saturated heterocycles. The minimum atomic E-state index is 0.200. The summed E-state index contributed by atoms with van der Waals surface area (Å²) >= 11 is 0. The van der Waals surface area contributed by atoms with Crippen LogP contribution >= 0.6 is 0 Å². The average molecular weight is 317 g/mol. The van der Waals surface area contributed by atoms with E-state index in [1.165, 1.54) is 0 Å². The van der Waals surface area contributed by atoms with Crippen molar-refractivity contribution >= 4 is 5.82 Å². The van der Waals surface area contributed by atoms with Crippen LogP contribution in [0, 0.1) is 11.3 Å². The standard InChI is InChI=1S/C20H19N3O/c1-14(2)23-13-19(18(12-21)20(23)22)15-8-10-17(11-9-15)24-16-6-4-3-5-7-16/h3-11,13-14H,22H2,1-2H3. The van der Waals surface area contributed by atoms with Crippen LogP contribution in [-0.2, 0) is 0 Å². The fourth-order valence-corrected chi connectivity index (χ4v) is 2.63. The number of nitrogens with zero attached hydrogens (tertiary/aromatic N) is 2. The van der Waals surface area contributed by atoms with Crippen LogP contribution in [0.3, 0.4) is 0 Å². The molecule has 3 aromatic rings. The van der Waals surface area contributed by atoms with E-state index in [2.05, 4.69) is 6.07 Å². The molecule has 0 aliphatic heterocycles. The third-order valence-electron chi connectivity index (χ3n) is 3.88. The first-order chi connectivity index (χ1) is 11.6. The molecule has 0 aliphatic carbocycles. The van der Waals surface area contributed by atoms with E-state index in [0.29, 0.717) is 11.4 Å². The van der Waals surface area contributed by atoms with Gasteiger partial charge in [0.05, 0.1) is 0 Å². The molecule has 3 rings (SSSR count). The maximum Gasteiger partial charge on any atom is 0.127 e. The first-order valence-electron chi connectivity index (χ1n) is 7.84. The summed E-state index contributed by atoms with van der Waals surface area (Å²) in [4.78, 5) is 0. The molecule has 2 aromatic carbocycles. The molecule has 0 saturated carbocycles. The number of hydrogen-bond donors (Lipinski definition) is 1. The molecule has 120 valence electrons. The Hall–Kier alpha value is -3.19. The quantitative estimate of drug-likeness (QED) is 0.738. The van der Waals surface area contributed by atoms with Gasteiger partial charge >= 0.3 is 0 Å². The van der Waals surface area contributed by atoms with Crippen molar-refractivity contribution in [2.24, 2.45) is 0 Å². The minimum absolute atomic E-state index is 0.200. The van der Waals surface area contributed by atoms with Crippen molar-refractivity contribution in [3.63, 3.8) is 0 Å². The fourth-order valence-electron chi connectivity index (χ4n) is 2.63. The van der Waals surface area contributed by atoms with Crippen molar-refractivity contribution in [3.05, 3.63) is 66.4 Å². The third kappa shape index (κ3) is 2.97. The second-order valence-corrected chi connectivity index (χ2v) is 5.86. The van der Waals surface area contributed by atoms with Gasteiger partial charge in [-0.05, 0) is 43.7 Å². The van der Waals surface area contributed by atoms with Crippen LogP contribution in [0.1, 0.15) is 25.5 Å². The molecule has 0 fully saturated rings. The first kappa shape index (κ1) is 15.7. The predicted molar refractivity (Wildman–Crippen MR) is 95.9 cm³/mol. The average Bonchev–Trinajstić information content (AvgIpc) is 2.93. The molecule has 0 radical (unpaired) electrons. The number of nitrogens with two attached hydrogens (primary N) is 1. The Kier molecular flexibility index (Phi) is 4.26.